The van der Waals surface area contributed by atoms with Crippen LogP contribution in [0.2, 0.25) is 0 Å². The predicted molar refractivity (Wildman–Crippen MR) is 83.8 cm³/mol. The van der Waals surface area contributed by atoms with Crippen LogP contribution in [0.4, 0.5) is 0 Å². The number of rotatable bonds is 3. The average molecular weight is 294 g/mol. The molecule has 0 aromatic heterocycles. The van der Waals surface area contributed by atoms with Gasteiger partial charge in [0, 0.05) is 33.0 Å². The molecule has 4 heteroatoms. The molecule has 0 heterocycles. The minimum atomic E-state index is 0.103. The van der Waals surface area contributed by atoms with E-state index in [0.717, 1.165) is 37.5 Å². The summed E-state index contributed by atoms with van der Waals surface area (Å²) in [6.07, 6.45) is 9.62. The quantitative estimate of drug-likeness (QED) is 0.870. The van der Waals surface area contributed by atoms with Gasteiger partial charge in [-0.25, -0.2) is 0 Å². The highest BCUT2D eigenvalue weighted by Crippen LogP contribution is 2.39. The topological polar surface area (TPSA) is 49.4 Å². The van der Waals surface area contributed by atoms with Crippen molar-refractivity contribution in [2.24, 2.45) is 11.8 Å². The van der Waals surface area contributed by atoms with Crippen LogP contribution < -0.4 is 5.32 Å². The van der Waals surface area contributed by atoms with Crippen LogP contribution in [-0.2, 0) is 9.59 Å². The molecule has 0 aromatic carbocycles. The van der Waals surface area contributed by atoms with Crippen molar-refractivity contribution < 1.29 is 9.59 Å². The summed E-state index contributed by atoms with van der Waals surface area (Å²) in [7, 11) is 1.94. The Morgan fingerprint density at radius 1 is 0.857 bits per heavy atom. The molecule has 2 saturated carbocycles. The Hall–Kier alpha value is -1.06. The van der Waals surface area contributed by atoms with Gasteiger partial charge in [-0.3, -0.25) is 9.59 Å². The van der Waals surface area contributed by atoms with Crippen LogP contribution in [0.25, 0.3) is 0 Å². The second-order valence-electron chi connectivity index (χ2n) is 7.01. The van der Waals surface area contributed by atoms with E-state index >= 15 is 0 Å². The lowest BCUT2D eigenvalue weighted by molar-refractivity contribution is -0.130. The molecule has 1 N–H and O–H groups in total. The molecule has 2 amide bonds. The minimum absolute atomic E-state index is 0.103. The highest BCUT2D eigenvalue weighted by molar-refractivity contribution is 5.73. The van der Waals surface area contributed by atoms with Crippen LogP contribution in [-0.4, -0.2) is 35.8 Å². The van der Waals surface area contributed by atoms with E-state index in [2.05, 4.69) is 5.32 Å². The van der Waals surface area contributed by atoms with Crippen LogP contribution >= 0.6 is 0 Å². The van der Waals surface area contributed by atoms with Crippen LogP contribution in [0, 0.1) is 11.8 Å². The number of hydrogen-bond acceptors (Lipinski definition) is 2. The highest BCUT2D eigenvalue weighted by atomic mass is 16.2. The molecule has 4 nitrogen and oxygen atoms in total. The second kappa shape index (κ2) is 7.28. The van der Waals surface area contributed by atoms with Gasteiger partial charge in [0.2, 0.25) is 11.8 Å². The summed E-state index contributed by atoms with van der Waals surface area (Å²) in [6, 6.07) is 0.855. The molecule has 0 aromatic rings. The lowest BCUT2D eigenvalue weighted by atomic mass is 9.71. The Morgan fingerprint density at radius 2 is 1.33 bits per heavy atom. The van der Waals surface area contributed by atoms with Crippen molar-refractivity contribution in [2.45, 2.75) is 77.3 Å². The first-order valence-corrected chi connectivity index (χ1v) is 8.48. The normalized spacial score (nSPS) is 33.3. The Balaban J connectivity index is 1.74. The van der Waals surface area contributed by atoms with Gasteiger partial charge < -0.3 is 10.2 Å². The fraction of sp³-hybridized carbons (Fsp3) is 0.882. The van der Waals surface area contributed by atoms with Crippen molar-refractivity contribution in [3.63, 3.8) is 0 Å². The maximum Gasteiger partial charge on any atom is 0.219 e. The highest BCUT2D eigenvalue weighted by Gasteiger charge is 2.32. The van der Waals surface area contributed by atoms with Gasteiger partial charge in [0.15, 0.2) is 0 Å². The maximum atomic E-state index is 11.4. The summed E-state index contributed by atoms with van der Waals surface area (Å²) in [4.78, 5) is 24.5. The third kappa shape index (κ3) is 4.45. The summed E-state index contributed by atoms with van der Waals surface area (Å²) in [5, 5.41) is 3.06. The smallest absolute Gasteiger partial charge is 0.219 e. The third-order valence-electron chi connectivity index (χ3n) is 5.63. The van der Waals surface area contributed by atoms with Crippen molar-refractivity contribution in [2.75, 3.05) is 7.05 Å². The van der Waals surface area contributed by atoms with E-state index in [1.54, 1.807) is 13.8 Å². The summed E-state index contributed by atoms with van der Waals surface area (Å²) < 4.78 is 0. The summed E-state index contributed by atoms with van der Waals surface area (Å²) in [5.41, 5.74) is 0. The number of amides is 2. The van der Waals surface area contributed by atoms with Gasteiger partial charge in [0.1, 0.15) is 0 Å². The predicted octanol–water partition coefficient (Wildman–Crippen LogP) is 2.72. The van der Waals surface area contributed by atoms with Crippen LogP contribution in [0.1, 0.15) is 65.2 Å². The number of nitrogens with one attached hydrogen (secondary N) is 1. The molecule has 0 spiro atoms. The Bertz CT molecular complexity index is 367. The molecule has 0 atom stereocenters. The molecule has 2 fully saturated rings. The van der Waals surface area contributed by atoms with Gasteiger partial charge in [-0.1, -0.05) is 0 Å². The summed E-state index contributed by atoms with van der Waals surface area (Å²) >= 11 is 0. The van der Waals surface area contributed by atoms with Crippen molar-refractivity contribution in [3.8, 4) is 0 Å². The number of carbonyl (C=O) groups excluding carboxylic acids is 2. The molecule has 2 aliphatic carbocycles. The molecular formula is C17H30N2O2. The van der Waals surface area contributed by atoms with E-state index in [-0.39, 0.29) is 11.8 Å². The van der Waals surface area contributed by atoms with Crippen molar-refractivity contribution in [1.82, 2.24) is 10.2 Å². The SMILES string of the molecule is CC(=O)NC1CCC(C2CCC(N(C)C(C)=O)CC2)CC1. The van der Waals surface area contributed by atoms with Crippen molar-refractivity contribution in [3.05, 3.63) is 0 Å². The van der Waals surface area contributed by atoms with Crippen molar-refractivity contribution >= 4 is 11.8 Å². The Morgan fingerprint density at radius 3 is 1.76 bits per heavy atom. The van der Waals surface area contributed by atoms with E-state index in [1.165, 1.54) is 25.7 Å². The first-order valence-electron chi connectivity index (χ1n) is 8.48. The van der Waals surface area contributed by atoms with Gasteiger partial charge in [0.25, 0.3) is 0 Å². The van der Waals surface area contributed by atoms with Gasteiger partial charge in [-0.2, -0.15) is 0 Å². The average Bonchev–Trinajstić information content (AvgIpc) is 2.47. The zero-order valence-corrected chi connectivity index (χ0v) is 13.7. The first kappa shape index (κ1) is 16.3. The van der Waals surface area contributed by atoms with Crippen LogP contribution in [0.15, 0.2) is 0 Å². The Labute approximate surface area is 128 Å². The van der Waals surface area contributed by atoms with Crippen molar-refractivity contribution in [1.29, 1.82) is 0 Å². The monoisotopic (exact) mass is 294 g/mol. The molecule has 0 aliphatic heterocycles. The molecular weight excluding hydrogens is 264 g/mol. The fourth-order valence-electron chi connectivity index (χ4n) is 4.24. The standard InChI is InChI=1S/C17H30N2O2/c1-12(20)18-16-8-4-14(5-9-16)15-6-10-17(11-7-15)19(3)13(2)21/h14-17H,4-11H2,1-3H3,(H,18,20). The molecule has 2 aliphatic rings. The maximum absolute atomic E-state index is 11.4. The lowest BCUT2D eigenvalue weighted by Crippen LogP contribution is -2.41. The van der Waals surface area contributed by atoms with Crippen LogP contribution in [0.3, 0.4) is 0 Å². The van der Waals surface area contributed by atoms with Gasteiger partial charge in [-0.15, -0.1) is 0 Å². The minimum Gasteiger partial charge on any atom is -0.354 e. The number of hydrogen-bond donors (Lipinski definition) is 1. The number of nitrogens with zero attached hydrogens (tertiary/aromatic N) is 1. The molecule has 2 rings (SSSR count). The second-order valence-corrected chi connectivity index (χ2v) is 7.01. The zero-order valence-electron chi connectivity index (χ0n) is 13.7. The molecule has 0 bridgehead atoms. The summed E-state index contributed by atoms with van der Waals surface area (Å²) in [5.74, 6) is 1.96. The molecule has 0 radical (unpaired) electrons. The third-order valence-corrected chi connectivity index (χ3v) is 5.63. The van der Waals surface area contributed by atoms with Crippen LogP contribution in [0.5, 0.6) is 0 Å². The van der Waals surface area contributed by atoms with E-state index < -0.39 is 0 Å². The lowest BCUT2D eigenvalue weighted by Gasteiger charge is -2.40. The number of carbonyl (C=O) groups is 2. The molecule has 120 valence electrons. The largest absolute Gasteiger partial charge is 0.354 e. The van der Waals surface area contributed by atoms with E-state index in [1.807, 2.05) is 11.9 Å². The zero-order chi connectivity index (χ0) is 15.4. The molecule has 0 unspecified atom stereocenters. The Kier molecular flexibility index (Phi) is 5.65. The van der Waals surface area contributed by atoms with Gasteiger partial charge in [-0.05, 0) is 63.2 Å². The van der Waals surface area contributed by atoms with Gasteiger partial charge in [0.05, 0.1) is 0 Å². The molecule has 21 heavy (non-hydrogen) atoms. The fourth-order valence-corrected chi connectivity index (χ4v) is 4.24. The van der Waals surface area contributed by atoms with Gasteiger partial charge >= 0.3 is 0 Å². The molecule has 0 saturated heterocycles. The first-order chi connectivity index (χ1) is 9.97. The summed E-state index contributed by atoms with van der Waals surface area (Å²) in [6.45, 7) is 3.27. The van der Waals surface area contributed by atoms with E-state index in [9.17, 15) is 9.59 Å². The van der Waals surface area contributed by atoms with E-state index in [4.69, 9.17) is 0 Å². The van der Waals surface area contributed by atoms with E-state index in [0.29, 0.717) is 12.1 Å².